The molecule has 220 valence electrons. The molecule has 2 N–H and O–H groups in total. The van der Waals surface area contributed by atoms with Crippen LogP contribution in [0.3, 0.4) is 0 Å². The topological polar surface area (TPSA) is 95.1 Å². The van der Waals surface area contributed by atoms with Crippen molar-refractivity contribution in [1.82, 2.24) is 0 Å². The van der Waals surface area contributed by atoms with Gasteiger partial charge >= 0.3 is 0 Å². The van der Waals surface area contributed by atoms with E-state index >= 15 is 0 Å². The number of ether oxygens (including phenoxy) is 4. The smallest absolute Gasteiger partial charge is 0.248 e. The third-order valence-electron chi connectivity index (χ3n) is 6.52. The maximum Gasteiger partial charge on any atom is 0.248 e. The molecule has 0 fully saturated rings. The molecule has 0 heterocycles. The van der Waals surface area contributed by atoms with E-state index in [0.29, 0.717) is 40.8 Å². The Balaban J connectivity index is 1.27. The molecule has 0 saturated carbocycles. The van der Waals surface area contributed by atoms with Gasteiger partial charge in [0.05, 0.1) is 28.4 Å². The summed E-state index contributed by atoms with van der Waals surface area (Å²) in [4.78, 5) is 24.8. The van der Waals surface area contributed by atoms with Gasteiger partial charge in [0, 0.05) is 23.5 Å². The first-order chi connectivity index (χ1) is 20.9. The van der Waals surface area contributed by atoms with Gasteiger partial charge < -0.3 is 29.6 Å². The monoisotopic (exact) mass is 578 g/mol. The van der Waals surface area contributed by atoms with E-state index in [1.165, 1.54) is 12.2 Å². The Hall–Kier alpha value is -5.50. The summed E-state index contributed by atoms with van der Waals surface area (Å²) in [5.74, 6) is 1.97. The summed E-state index contributed by atoms with van der Waals surface area (Å²) < 4.78 is 21.1. The maximum atomic E-state index is 12.4. The molecule has 0 bridgehead atoms. The number of rotatable bonds is 12. The highest BCUT2D eigenvalue weighted by atomic mass is 16.5. The maximum absolute atomic E-state index is 12.4. The zero-order valence-corrected chi connectivity index (χ0v) is 24.5. The average molecular weight is 579 g/mol. The lowest BCUT2D eigenvalue weighted by molar-refractivity contribution is -0.112. The van der Waals surface area contributed by atoms with E-state index in [-0.39, 0.29) is 11.8 Å². The van der Waals surface area contributed by atoms with E-state index in [1.807, 2.05) is 60.7 Å². The minimum Gasteiger partial charge on any atom is -0.493 e. The van der Waals surface area contributed by atoms with Gasteiger partial charge in [-0.05, 0) is 89.4 Å². The third-order valence-corrected chi connectivity index (χ3v) is 6.52. The fourth-order valence-electron chi connectivity index (χ4n) is 4.27. The second-order valence-electron chi connectivity index (χ2n) is 9.44. The Kier molecular flexibility index (Phi) is 10.6. The molecule has 0 unspecified atom stereocenters. The van der Waals surface area contributed by atoms with Crippen LogP contribution in [-0.2, 0) is 16.0 Å². The van der Waals surface area contributed by atoms with Gasteiger partial charge in [-0.3, -0.25) is 9.59 Å². The first-order valence-corrected chi connectivity index (χ1v) is 13.5. The summed E-state index contributed by atoms with van der Waals surface area (Å²) in [6.45, 7) is 0. The van der Waals surface area contributed by atoms with Crippen LogP contribution in [0.15, 0.2) is 97.1 Å². The lowest BCUT2D eigenvalue weighted by Gasteiger charge is -2.08. The first-order valence-electron chi connectivity index (χ1n) is 13.5. The Morgan fingerprint density at radius 1 is 0.535 bits per heavy atom. The average Bonchev–Trinajstić information content (AvgIpc) is 3.04. The minimum absolute atomic E-state index is 0.237. The van der Waals surface area contributed by atoms with E-state index < -0.39 is 0 Å². The molecule has 4 aromatic rings. The summed E-state index contributed by atoms with van der Waals surface area (Å²) in [5, 5.41) is 5.74. The summed E-state index contributed by atoms with van der Waals surface area (Å²) in [5.41, 5.74) is 5.22. The third kappa shape index (κ3) is 8.74. The van der Waals surface area contributed by atoms with Crippen LogP contribution >= 0.6 is 0 Å². The molecule has 0 aliphatic heterocycles. The van der Waals surface area contributed by atoms with Crippen molar-refractivity contribution in [3.05, 3.63) is 119 Å². The summed E-state index contributed by atoms with van der Waals surface area (Å²) >= 11 is 0. The Morgan fingerprint density at radius 2 is 0.907 bits per heavy atom. The van der Waals surface area contributed by atoms with Gasteiger partial charge in [-0.2, -0.15) is 0 Å². The van der Waals surface area contributed by atoms with Crippen molar-refractivity contribution < 1.29 is 28.5 Å². The lowest BCUT2D eigenvalue weighted by Crippen LogP contribution is -2.08. The van der Waals surface area contributed by atoms with Crippen molar-refractivity contribution in [1.29, 1.82) is 0 Å². The number of carbonyl (C=O) groups is 2. The van der Waals surface area contributed by atoms with Crippen LogP contribution in [-0.4, -0.2) is 40.3 Å². The Morgan fingerprint density at radius 3 is 1.26 bits per heavy atom. The Labute approximate surface area is 251 Å². The second kappa shape index (κ2) is 14.9. The molecular formula is C35H34N2O6. The van der Waals surface area contributed by atoms with Gasteiger partial charge in [0.15, 0.2) is 23.0 Å². The molecule has 0 aliphatic rings. The van der Waals surface area contributed by atoms with E-state index in [0.717, 1.165) is 22.3 Å². The fraction of sp³-hybridized carbons (Fsp3) is 0.143. The van der Waals surface area contributed by atoms with Gasteiger partial charge in [-0.25, -0.2) is 0 Å². The summed E-state index contributed by atoms with van der Waals surface area (Å²) in [7, 11) is 6.29. The summed E-state index contributed by atoms with van der Waals surface area (Å²) in [6.07, 6.45) is 7.09. The van der Waals surface area contributed by atoms with Crippen molar-refractivity contribution in [2.24, 2.45) is 0 Å². The zero-order chi connectivity index (χ0) is 30.6. The highest BCUT2D eigenvalue weighted by molar-refractivity contribution is 6.02. The van der Waals surface area contributed by atoms with Gasteiger partial charge in [-0.15, -0.1) is 0 Å². The number of nitrogens with one attached hydrogen (secondary N) is 2. The molecule has 0 saturated heterocycles. The normalized spacial score (nSPS) is 10.9. The van der Waals surface area contributed by atoms with E-state index in [4.69, 9.17) is 18.9 Å². The highest BCUT2D eigenvalue weighted by Crippen LogP contribution is 2.29. The highest BCUT2D eigenvalue weighted by Gasteiger charge is 2.06. The summed E-state index contributed by atoms with van der Waals surface area (Å²) in [6, 6.07) is 26.3. The van der Waals surface area contributed by atoms with Crippen molar-refractivity contribution in [2.45, 2.75) is 6.42 Å². The van der Waals surface area contributed by atoms with E-state index in [2.05, 4.69) is 10.6 Å². The molecule has 8 heteroatoms. The largest absolute Gasteiger partial charge is 0.493 e. The number of hydrogen-bond donors (Lipinski definition) is 2. The van der Waals surface area contributed by atoms with Crippen LogP contribution in [0.5, 0.6) is 23.0 Å². The predicted molar refractivity (Wildman–Crippen MR) is 170 cm³/mol. The van der Waals surface area contributed by atoms with Crippen LogP contribution in [0, 0.1) is 0 Å². The van der Waals surface area contributed by atoms with Gasteiger partial charge in [0.1, 0.15) is 0 Å². The number of methoxy groups -OCH3 is 4. The van der Waals surface area contributed by atoms with Crippen LogP contribution < -0.4 is 29.6 Å². The molecule has 43 heavy (non-hydrogen) atoms. The first kappa shape index (κ1) is 30.5. The van der Waals surface area contributed by atoms with Crippen molar-refractivity contribution >= 4 is 35.3 Å². The number of benzene rings is 4. The number of amides is 2. The van der Waals surface area contributed by atoms with Crippen LogP contribution in [0.2, 0.25) is 0 Å². The molecular weight excluding hydrogens is 544 g/mol. The van der Waals surface area contributed by atoms with Crippen LogP contribution in [0.25, 0.3) is 12.2 Å². The van der Waals surface area contributed by atoms with E-state index in [1.54, 1.807) is 64.9 Å². The van der Waals surface area contributed by atoms with Crippen LogP contribution in [0.1, 0.15) is 22.3 Å². The standard InChI is InChI=1S/C35H34N2O6/c1-40-30-17-9-26(22-32(30)42-3)11-19-34(38)36-28-13-5-24(6-14-28)21-25-7-15-29(16-8-25)37-35(39)20-12-27-10-18-31(41-2)33(23-27)43-4/h5-20,22-23H,21H2,1-4H3,(H,36,38)(H,37,39)/b19-11+,20-12+. The van der Waals surface area contributed by atoms with Crippen molar-refractivity contribution in [2.75, 3.05) is 39.1 Å². The van der Waals surface area contributed by atoms with Gasteiger partial charge in [0.2, 0.25) is 11.8 Å². The zero-order valence-electron chi connectivity index (χ0n) is 24.5. The van der Waals surface area contributed by atoms with Gasteiger partial charge in [0.25, 0.3) is 0 Å². The molecule has 0 aliphatic carbocycles. The Bertz CT molecular complexity index is 1490. The molecule has 4 rings (SSSR count). The molecule has 4 aromatic carbocycles. The minimum atomic E-state index is -0.237. The quantitative estimate of drug-likeness (QED) is 0.184. The van der Waals surface area contributed by atoms with E-state index in [9.17, 15) is 9.59 Å². The molecule has 2 amide bonds. The molecule has 8 nitrogen and oxygen atoms in total. The second-order valence-corrected chi connectivity index (χ2v) is 9.44. The molecule has 0 radical (unpaired) electrons. The van der Waals surface area contributed by atoms with Gasteiger partial charge in [-0.1, -0.05) is 36.4 Å². The predicted octanol–water partition coefficient (Wildman–Crippen LogP) is 6.62. The number of carbonyl (C=O) groups excluding carboxylic acids is 2. The van der Waals surface area contributed by atoms with Crippen molar-refractivity contribution in [3.63, 3.8) is 0 Å². The number of anilines is 2. The fourth-order valence-corrected chi connectivity index (χ4v) is 4.27. The SMILES string of the molecule is COc1ccc(/C=C/C(=O)Nc2ccc(Cc3ccc(NC(=O)/C=C/c4ccc(OC)c(OC)c4)cc3)cc2)cc1OC. The molecule has 0 atom stereocenters. The number of hydrogen-bond acceptors (Lipinski definition) is 6. The van der Waals surface area contributed by atoms with Crippen LogP contribution in [0.4, 0.5) is 11.4 Å². The molecule has 0 spiro atoms. The molecule has 0 aromatic heterocycles. The van der Waals surface area contributed by atoms with Crippen molar-refractivity contribution in [3.8, 4) is 23.0 Å². The lowest BCUT2D eigenvalue weighted by atomic mass is 10.0.